The number of rotatable bonds is 9. The van der Waals surface area contributed by atoms with Crippen LogP contribution in [0.1, 0.15) is 29.6 Å². The van der Waals surface area contributed by atoms with E-state index in [1.54, 1.807) is 7.11 Å². The van der Waals surface area contributed by atoms with Crippen molar-refractivity contribution < 1.29 is 23.1 Å². The Hall–Kier alpha value is -2.30. The first kappa shape index (κ1) is 21.4. The fourth-order valence-electron chi connectivity index (χ4n) is 2.81. The number of hydroxylamine groups is 1. The van der Waals surface area contributed by atoms with Crippen LogP contribution >= 0.6 is 15.9 Å². The maximum atomic E-state index is 14.4. The first-order valence-corrected chi connectivity index (χ1v) is 9.78. The van der Waals surface area contributed by atoms with E-state index >= 15 is 0 Å². The van der Waals surface area contributed by atoms with Gasteiger partial charge in [0.25, 0.3) is 11.5 Å². The van der Waals surface area contributed by atoms with E-state index in [0.717, 1.165) is 19.0 Å². The standard InChI is InChI=1S/C19H20BrF2N3O4/c1-28-7-6-15(10-2-3-10)29-25-18(26)12-9-23-19(27)16(22)17(12)24-14-5-4-11(20)8-13(14)21/h4-5,8-10,15H,2-3,6-7H2,1H3,(H,25,26)(H2,23,24,27). The van der Waals surface area contributed by atoms with Gasteiger partial charge < -0.3 is 15.0 Å². The van der Waals surface area contributed by atoms with Gasteiger partial charge in [0.2, 0.25) is 5.82 Å². The highest BCUT2D eigenvalue weighted by Crippen LogP contribution is 2.35. The van der Waals surface area contributed by atoms with Gasteiger partial charge in [0, 0.05) is 24.4 Å². The number of H-pyrrole nitrogens is 1. The molecule has 29 heavy (non-hydrogen) atoms. The first-order valence-electron chi connectivity index (χ1n) is 8.99. The van der Waals surface area contributed by atoms with Crippen LogP contribution in [0.5, 0.6) is 0 Å². The molecule has 1 saturated carbocycles. The quantitative estimate of drug-likeness (QED) is 0.485. The number of hydrogen-bond acceptors (Lipinski definition) is 5. The Morgan fingerprint density at radius 1 is 1.38 bits per heavy atom. The van der Waals surface area contributed by atoms with Gasteiger partial charge >= 0.3 is 0 Å². The number of ether oxygens (including phenoxy) is 1. The summed E-state index contributed by atoms with van der Waals surface area (Å²) in [5.74, 6) is -2.37. The summed E-state index contributed by atoms with van der Waals surface area (Å²) in [7, 11) is 1.57. The number of aromatic amines is 1. The summed E-state index contributed by atoms with van der Waals surface area (Å²) in [5.41, 5.74) is 0.485. The van der Waals surface area contributed by atoms with E-state index in [1.165, 1.54) is 18.2 Å². The number of anilines is 2. The van der Waals surface area contributed by atoms with E-state index in [-0.39, 0.29) is 17.4 Å². The fraction of sp³-hybridized carbons (Fsp3) is 0.368. The van der Waals surface area contributed by atoms with E-state index < -0.39 is 28.8 Å². The predicted octanol–water partition coefficient (Wildman–Crippen LogP) is 3.64. The molecule has 0 radical (unpaired) electrons. The number of aromatic nitrogens is 1. The van der Waals surface area contributed by atoms with Crippen LogP contribution in [0.25, 0.3) is 0 Å². The average molecular weight is 472 g/mol. The van der Waals surface area contributed by atoms with Crippen molar-refractivity contribution in [3.8, 4) is 0 Å². The van der Waals surface area contributed by atoms with E-state index in [4.69, 9.17) is 9.57 Å². The highest BCUT2D eigenvalue weighted by atomic mass is 79.9. The van der Waals surface area contributed by atoms with Crippen molar-refractivity contribution in [1.29, 1.82) is 0 Å². The molecule has 1 amide bonds. The Balaban J connectivity index is 1.80. The molecule has 3 N–H and O–H groups in total. The van der Waals surface area contributed by atoms with Crippen molar-refractivity contribution >= 4 is 33.2 Å². The Morgan fingerprint density at radius 3 is 2.79 bits per heavy atom. The molecule has 0 bridgehead atoms. The number of carbonyl (C=O) groups excluding carboxylic acids is 1. The monoisotopic (exact) mass is 471 g/mol. The minimum atomic E-state index is -1.24. The van der Waals surface area contributed by atoms with Crippen LogP contribution < -0.4 is 16.4 Å². The molecular weight excluding hydrogens is 452 g/mol. The van der Waals surface area contributed by atoms with Crippen LogP contribution in [0.2, 0.25) is 0 Å². The van der Waals surface area contributed by atoms with Gasteiger partial charge in [-0.25, -0.2) is 9.87 Å². The molecule has 0 saturated heterocycles. The number of halogens is 3. The molecule has 1 unspecified atom stereocenters. The predicted molar refractivity (Wildman–Crippen MR) is 106 cm³/mol. The largest absolute Gasteiger partial charge is 0.385 e. The van der Waals surface area contributed by atoms with Crippen LogP contribution in [0, 0.1) is 17.6 Å². The number of amides is 1. The topological polar surface area (TPSA) is 92.5 Å². The fourth-order valence-corrected chi connectivity index (χ4v) is 3.14. The van der Waals surface area contributed by atoms with E-state index in [0.29, 0.717) is 23.4 Å². The van der Waals surface area contributed by atoms with Gasteiger partial charge in [-0.1, -0.05) is 15.9 Å². The highest BCUT2D eigenvalue weighted by molar-refractivity contribution is 9.10. The Kier molecular flexibility index (Phi) is 6.99. The second kappa shape index (κ2) is 9.47. The van der Waals surface area contributed by atoms with Gasteiger partial charge in [-0.3, -0.25) is 14.4 Å². The van der Waals surface area contributed by atoms with Crippen molar-refractivity contribution in [1.82, 2.24) is 10.5 Å². The molecule has 7 nitrogen and oxygen atoms in total. The van der Waals surface area contributed by atoms with Crippen molar-refractivity contribution in [2.24, 2.45) is 5.92 Å². The molecule has 2 aromatic rings. The van der Waals surface area contributed by atoms with Gasteiger partial charge in [0.15, 0.2) is 0 Å². The molecule has 1 heterocycles. The minimum Gasteiger partial charge on any atom is -0.385 e. The van der Waals surface area contributed by atoms with Crippen molar-refractivity contribution in [2.75, 3.05) is 19.0 Å². The summed E-state index contributed by atoms with van der Waals surface area (Å²) < 4.78 is 34.1. The van der Waals surface area contributed by atoms with Crippen LogP contribution in [0.15, 0.2) is 33.7 Å². The summed E-state index contributed by atoms with van der Waals surface area (Å²) in [6, 6.07) is 4.06. The highest BCUT2D eigenvalue weighted by Gasteiger charge is 2.33. The summed E-state index contributed by atoms with van der Waals surface area (Å²) >= 11 is 3.13. The Bertz CT molecular complexity index is 950. The second-order valence-corrected chi connectivity index (χ2v) is 7.59. The second-order valence-electron chi connectivity index (χ2n) is 6.68. The normalized spacial score (nSPS) is 14.5. The maximum absolute atomic E-state index is 14.4. The molecule has 1 fully saturated rings. The van der Waals surface area contributed by atoms with Gasteiger partial charge in [0.1, 0.15) is 5.82 Å². The van der Waals surface area contributed by atoms with Gasteiger partial charge in [-0.05, 0) is 43.4 Å². The zero-order chi connectivity index (χ0) is 21.0. The molecule has 0 aliphatic heterocycles. The summed E-state index contributed by atoms with van der Waals surface area (Å²) in [6.45, 7) is 0.472. The Morgan fingerprint density at radius 2 is 2.14 bits per heavy atom. The number of benzene rings is 1. The van der Waals surface area contributed by atoms with Crippen LogP contribution in [-0.2, 0) is 9.57 Å². The van der Waals surface area contributed by atoms with Crippen molar-refractivity contribution in [2.45, 2.75) is 25.4 Å². The average Bonchev–Trinajstić information content (AvgIpc) is 3.52. The molecule has 1 aliphatic rings. The lowest BCUT2D eigenvalue weighted by Crippen LogP contribution is -2.32. The number of pyridine rings is 1. The third-order valence-electron chi connectivity index (χ3n) is 4.53. The lowest BCUT2D eigenvalue weighted by Gasteiger charge is -2.18. The molecule has 10 heteroatoms. The number of methoxy groups -OCH3 is 1. The molecule has 1 aromatic carbocycles. The number of nitrogens with one attached hydrogen (secondary N) is 3. The third kappa shape index (κ3) is 5.40. The van der Waals surface area contributed by atoms with Crippen molar-refractivity contribution in [3.05, 3.63) is 56.4 Å². The van der Waals surface area contributed by atoms with Crippen molar-refractivity contribution in [3.63, 3.8) is 0 Å². The zero-order valence-corrected chi connectivity index (χ0v) is 17.1. The molecule has 1 aromatic heterocycles. The third-order valence-corrected chi connectivity index (χ3v) is 5.02. The van der Waals surface area contributed by atoms with Gasteiger partial charge in [-0.15, -0.1) is 0 Å². The lowest BCUT2D eigenvalue weighted by molar-refractivity contribution is -0.0381. The summed E-state index contributed by atoms with van der Waals surface area (Å²) in [5, 5.41) is 2.49. The van der Waals surface area contributed by atoms with Crippen LogP contribution in [0.3, 0.4) is 0 Å². The van der Waals surface area contributed by atoms with Gasteiger partial charge in [0.05, 0.1) is 23.0 Å². The van der Waals surface area contributed by atoms with Gasteiger partial charge in [-0.2, -0.15) is 4.39 Å². The minimum absolute atomic E-state index is 0.0939. The van der Waals surface area contributed by atoms with Crippen LogP contribution in [-0.4, -0.2) is 30.7 Å². The zero-order valence-electron chi connectivity index (χ0n) is 15.6. The first-order chi connectivity index (χ1) is 13.9. The number of hydrogen-bond donors (Lipinski definition) is 3. The summed E-state index contributed by atoms with van der Waals surface area (Å²) in [4.78, 5) is 31.9. The Labute approximate surface area is 173 Å². The molecule has 1 atom stereocenters. The smallest absolute Gasteiger partial charge is 0.286 e. The molecule has 156 valence electrons. The maximum Gasteiger partial charge on any atom is 0.286 e. The van der Waals surface area contributed by atoms with Crippen LogP contribution in [0.4, 0.5) is 20.2 Å². The molecule has 1 aliphatic carbocycles. The van der Waals surface area contributed by atoms with E-state index in [2.05, 4.69) is 31.7 Å². The molecule has 0 spiro atoms. The summed E-state index contributed by atoms with van der Waals surface area (Å²) in [6.07, 6.45) is 3.40. The molecular formula is C19H20BrF2N3O4. The lowest BCUT2D eigenvalue weighted by atomic mass is 10.2. The SMILES string of the molecule is COCCC(ONC(=O)c1c[nH]c(=O)c(F)c1Nc1ccc(Br)cc1F)C1CC1. The van der Waals surface area contributed by atoms with E-state index in [9.17, 15) is 18.4 Å². The number of carbonyl (C=O) groups is 1. The molecule has 3 rings (SSSR count). The van der Waals surface area contributed by atoms with E-state index in [1.807, 2.05) is 0 Å².